The maximum atomic E-state index is 12.3. The molecule has 2 aromatic heterocycles. The average molecular weight is 383 g/mol. The zero-order valence-electron chi connectivity index (χ0n) is 13.5. The van der Waals surface area contributed by atoms with Crippen LogP contribution in [-0.4, -0.2) is 33.8 Å². The maximum Gasteiger partial charge on any atom is 0.341 e. The molecule has 0 fully saturated rings. The molecule has 2 aromatic rings. The van der Waals surface area contributed by atoms with Gasteiger partial charge in [0.15, 0.2) is 0 Å². The number of esters is 1. The number of nitrogens with one attached hydrogen (secondary N) is 1. The van der Waals surface area contributed by atoms with Crippen LogP contribution in [0.2, 0.25) is 10.3 Å². The van der Waals surface area contributed by atoms with Crippen molar-refractivity contribution in [1.82, 2.24) is 20.1 Å². The van der Waals surface area contributed by atoms with Crippen LogP contribution in [0, 0.1) is 0 Å². The zero-order valence-corrected chi connectivity index (χ0v) is 15.0. The van der Waals surface area contributed by atoms with E-state index in [2.05, 4.69) is 15.4 Å². The first-order valence-electron chi connectivity index (χ1n) is 7.77. The Balaban J connectivity index is 1.82. The Bertz CT molecular complexity index is 815. The SMILES string of the molecule is COC(=O)c1c(CNC(=O)c2cc(Cl)nc(Cl)c2)nn2c1CCCC2. The van der Waals surface area contributed by atoms with Crippen molar-refractivity contribution in [2.24, 2.45) is 0 Å². The highest BCUT2D eigenvalue weighted by atomic mass is 35.5. The smallest absolute Gasteiger partial charge is 0.341 e. The first kappa shape index (κ1) is 17.7. The molecule has 1 N–H and O–H groups in total. The summed E-state index contributed by atoms with van der Waals surface area (Å²) in [7, 11) is 1.33. The summed E-state index contributed by atoms with van der Waals surface area (Å²) in [6, 6.07) is 2.84. The lowest BCUT2D eigenvalue weighted by molar-refractivity contribution is 0.0597. The highest BCUT2D eigenvalue weighted by molar-refractivity contribution is 6.33. The minimum atomic E-state index is -0.442. The van der Waals surface area contributed by atoms with Gasteiger partial charge in [0.2, 0.25) is 0 Å². The lowest BCUT2D eigenvalue weighted by Crippen LogP contribution is -2.24. The van der Waals surface area contributed by atoms with Gasteiger partial charge in [0, 0.05) is 12.1 Å². The Labute approximate surface area is 154 Å². The fourth-order valence-electron chi connectivity index (χ4n) is 2.87. The fourth-order valence-corrected chi connectivity index (χ4v) is 3.33. The summed E-state index contributed by atoms with van der Waals surface area (Å²) in [5.41, 5.74) is 2.07. The van der Waals surface area contributed by atoms with Crippen LogP contribution >= 0.6 is 23.2 Å². The molecule has 0 bridgehead atoms. The number of pyridine rings is 1. The largest absolute Gasteiger partial charge is 0.465 e. The number of carbonyl (C=O) groups is 2. The molecular formula is C16H16Cl2N4O3. The van der Waals surface area contributed by atoms with E-state index in [1.54, 1.807) is 0 Å². The summed E-state index contributed by atoms with van der Waals surface area (Å²) < 4.78 is 6.69. The Morgan fingerprint density at radius 1 is 1.28 bits per heavy atom. The van der Waals surface area contributed by atoms with E-state index >= 15 is 0 Å². The molecule has 0 atom stereocenters. The monoisotopic (exact) mass is 382 g/mol. The molecule has 0 saturated carbocycles. The van der Waals surface area contributed by atoms with E-state index in [1.807, 2.05) is 4.68 Å². The summed E-state index contributed by atoms with van der Waals surface area (Å²) in [5, 5.41) is 7.45. The quantitative estimate of drug-likeness (QED) is 0.648. The van der Waals surface area contributed by atoms with E-state index in [1.165, 1.54) is 19.2 Å². The van der Waals surface area contributed by atoms with Gasteiger partial charge in [0.25, 0.3) is 5.91 Å². The Hall–Kier alpha value is -2.12. The molecule has 132 valence electrons. The van der Waals surface area contributed by atoms with Crippen LogP contribution in [0.15, 0.2) is 12.1 Å². The van der Waals surface area contributed by atoms with Crippen molar-refractivity contribution in [3.05, 3.63) is 45.0 Å². The number of ether oxygens (including phenoxy) is 1. The van der Waals surface area contributed by atoms with Crippen LogP contribution < -0.4 is 5.32 Å². The van der Waals surface area contributed by atoms with Gasteiger partial charge in [-0.25, -0.2) is 9.78 Å². The fraction of sp³-hybridized carbons (Fsp3) is 0.375. The van der Waals surface area contributed by atoms with E-state index in [0.717, 1.165) is 31.5 Å². The van der Waals surface area contributed by atoms with Crippen molar-refractivity contribution >= 4 is 35.1 Å². The molecule has 1 aliphatic rings. The Morgan fingerprint density at radius 2 is 2.00 bits per heavy atom. The van der Waals surface area contributed by atoms with Gasteiger partial charge in [0.1, 0.15) is 15.9 Å². The normalized spacial score (nSPS) is 13.2. The van der Waals surface area contributed by atoms with E-state index in [-0.39, 0.29) is 28.3 Å². The number of hydrogen-bond acceptors (Lipinski definition) is 5. The topological polar surface area (TPSA) is 86.1 Å². The van der Waals surface area contributed by atoms with Crippen molar-refractivity contribution in [1.29, 1.82) is 0 Å². The van der Waals surface area contributed by atoms with Crippen LogP contribution in [0.5, 0.6) is 0 Å². The summed E-state index contributed by atoms with van der Waals surface area (Å²) in [6.45, 7) is 0.851. The van der Waals surface area contributed by atoms with E-state index < -0.39 is 5.97 Å². The van der Waals surface area contributed by atoms with Crippen molar-refractivity contribution in [3.63, 3.8) is 0 Å². The number of aryl methyl sites for hydroxylation is 1. The third-order valence-electron chi connectivity index (χ3n) is 3.99. The molecule has 0 unspecified atom stereocenters. The molecule has 3 heterocycles. The number of aromatic nitrogens is 3. The number of fused-ring (bicyclic) bond motifs is 1. The van der Waals surface area contributed by atoms with E-state index in [9.17, 15) is 9.59 Å². The molecule has 1 amide bonds. The van der Waals surface area contributed by atoms with Gasteiger partial charge in [-0.1, -0.05) is 23.2 Å². The lowest BCUT2D eigenvalue weighted by atomic mass is 10.0. The molecule has 0 spiro atoms. The van der Waals surface area contributed by atoms with Crippen LogP contribution in [-0.2, 0) is 24.2 Å². The number of rotatable bonds is 4. The number of methoxy groups -OCH3 is 1. The third kappa shape index (κ3) is 3.77. The zero-order chi connectivity index (χ0) is 18.0. The summed E-state index contributed by atoms with van der Waals surface area (Å²) in [6.07, 6.45) is 2.77. The summed E-state index contributed by atoms with van der Waals surface area (Å²) in [5.74, 6) is -0.824. The van der Waals surface area contributed by atoms with Crippen LogP contribution in [0.1, 0.15) is 44.9 Å². The number of nitrogens with zero attached hydrogens (tertiary/aromatic N) is 3. The molecule has 0 aromatic carbocycles. The second-order valence-electron chi connectivity index (χ2n) is 5.62. The van der Waals surface area contributed by atoms with E-state index in [0.29, 0.717) is 11.3 Å². The molecule has 0 saturated heterocycles. The average Bonchev–Trinajstić information content (AvgIpc) is 2.96. The number of carbonyl (C=O) groups excluding carboxylic acids is 2. The molecule has 0 aliphatic carbocycles. The van der Waals surface area contributed by atoms with Gasteiger partial charge in [0.05, 0.1) is 25.0 Å². The van der Waals surface area contributed by atoms with Crippen molar-refractivity contribution < 1.29 is 14.3 Å². The first-order chi connectivity index (χ1) is 12.0. The van der Waals surface area contributed by atoms with Gasteiger partial charge >= 0.3 is 5.97 Å². The summed E-state index contributed by atoms with van der Waals surface area (Å²) >= 11 is 11.6. The van der Waals surface area contributed by atoms with Crippen LogP contribution in [0.25, 0.3) is 0 Å². The molecule has 3 rings (SSSR count). The van der Waals surface area contributed by atoms with Gasteiger partial charge in [-0.2, -0.15) is 5.10 Å². The standard InChI is InChI=1S/C16H16Cl2N4O3/c1-25-16(24)14-10(21-22-5-3-2-4-11(14)22)8-19-15(23)9-6-12(17)20-13(18)7-9/h6-7H,2-5,8H2,1H3,(H,19,23). The molecular weight excluding hydrogens is 367 g/mol. The number of hydrogen-bond donors (Lipinski definition) is 1. The maximum absolute atomic E-state index is 12.3. The predicted molar refractivity (Wildman–Crippen MR) is 91.9 cm³/mol. The summed E-state index contributed by atoms with van der Waals surface area (Å²) in [4.78, 5) is 28.3. The van der Waals surface area contributed by atoms with Crippen molar-refractivity contribution in [3.8, 4) is 0 Å². The minimum absolute atomic E-state index is 0.0980. The Morgan fingerprint density at radius 3 is 2.68 bits per heavy atom. The third-order valence-corrected chi connectivity index (χ3v) is 4.38. The minimum Gasteiger partial charge on any atom is -0.465 e. The highest BCUT2D eigenvalue weighted by Crippen LogP contribution is 2.23. The highest BCUT2D eigenvalue weighted by Gasteiger charge is 2.26. The van der Waals surface area contributed by atoms with Gasteiger partial charge in [-0.15, -0.1) is 0 Å². The van der Waals surface area contributed by atoms with Crippen molar-refractivity contribution in [2.75, 3.05) is 7.11 Å². The van der Waals surface area contributed by atoms with Gasteiger partial charge < -0.3 is 10.1 Å². The number of amides is 1. The predicted octanol–water partition coefficient (Wildman–Crippen LogP) is 2.64. The molecule has 9 heteroatoms. The van der Waals surface area contributed by atoms with Gasteiger partial charge in [-0.05, 0) is 31.4 Å². The molecule has 25 heavy (non-hydrogen) atoms. The Kier molecular flexibility index (Phi) is 5.24. The molecule has 7 nitrogen and oxygen atoms in total. The number of halogens is 2. The van der Waals surface area contributed by atoms with Crippen LogP contribution in [0.4, 0.5) is 0 Å². The van der Waals surface area contributed by atoms with Crippen LogP contribution in [0.3, 0.4) is 0 Å². The lowest BCUT2D eigenvalue weighted by Gasteiger charge is -2.13. The van der Waals surface area contributed by atoms with Gasteiger partial charge in [-0.3, -0.25) is 9.48 Å². The second kappa shape index (κ2) is 7.41. The molecule has 0 radical (unpaired) electrons. The molecule has 1 aliphatic heterocycles. The second-order valence-corrected chi connectivity index (χ2v) is 6.40. The first-order valence-corrected chi connectivity index (χ1v) is 8.53. The van der Waals surface area contributed by atoms with E-state index in [4.69, 9.17) is 27.9 Å². The van der Waals surface area contributed by atoms with Crippen molar-refractivity contribution in [2.45, 2.75) is 32.4 Å².